The molecule has 7 nitrogen and oxygen atoms in total. The maximum Gasteiger partial charge on any atom is 0.410 e. The number of fused-ring (bicyclic) bond motifs is 2. The number of hydrogen-bond acceptors (Lipinski definition) is 4. The highest BCUT2D eigenvalue weighted by atomic mass is 127. The van der Waals surface area contributed by atoms with Gasteiger partial charge in [-0.05, 0) is 58.8 Å². The third-order valence-electron chi connectivity index (χ3n) is 5.38. The fraction of sp³-hybridized carbons (Fsp3) is 0.895. The highest BCUT2D eigenvalue weighted by Gasteiger charge is 2.41. The fourth-order valence-corrected chi connectivity index (χ4v) is 4.12. The summed E-state index contributed by atoms with van der Waals surface area (Å²) in [5, 5.41) is 6.95. The number of carbonyl (C=O) groups excluding carboxylic acids is 1. The zero-order chi connectivity index (χ0) is 18.7. The summed E-state index contributed by atoms with van der Waals surface area (Å²) in [5.74, 6) is 1.24. The van der Waals surface area contributed by atoms with Gasteiger partial charge in [-0.2, -0.15) is 0 Å². The van der Waals surface area contributed by atoms with Gasteiger partial charge >= 0.3 is 6.09 Å². The van der Waals surface area contributed by atoms with Gasteiger partial charge in [0, 0.05) is 26.7 Å². The molecule has 3 fully saturated rings. The molecule has 0 saturated carbocycles. The molecule has 3 heterocycles. The molecule has 0 aromatic carbocycles. The summed E-state index contributed by atoms with van der Waals surface area (Å²) >= 11 is 0. The number of ether oxygens (including phenoxy) is 2. The van der Waals surface area contributed by atoms with Gasteiger partial charge in [-0.25, -0.2) is 4.79 Å². The highest BCUT2D eigenvalue weighted by molar-refractivity contribution is 14.0. The van der Waals surface area contributed by atoms with Gasteiger partial charge < -0.3 is 25.0 Å². The van der Waals surface area contributed by atoms with Gasteiger partial charge in [-0.15, -0.1) is 24.0 Å². The lowest BCUT2D eigenvalue weighted by Gasteiger charge is -2.34. The Kier molecular flexibility index (Phi) is 8.03. The maximum atomic E-state index is 12.3. The highest BCUT2D eigenvalue weighted by Crippen LogP contribution is 2.34. The molecule has 8 heteroatoms. The van der Waals surface area contributed by atoms with E-state index in [9.17, 15) is 4.79 Å². The number of likely N-dealkylation sites (tertiary alicyclic amines) is 1. The molecular formula is C19H35IN4O3. The Balaban J connectivity index is 0.00000261. The lowest BCUT2D eigenvalue weighted by molar-refractivity contribution is 0.0168. The molecule has 4 unspecified atom stereocenters. The van der Waals surface area contributed by atoms with E-state index in [0.717, 1.165) is 51.3 Å². The van der Waals surface area contributed by atoms with Crippen LogP contribution in [0.25, 0.3) is 0 Å². The molecule has 0 aromatic heterocycles. The number of aliphatic imine (C=N–C) groups is 1. The van der Waals surface area contributed by atoms with Crippen LogP contribution in [0.3, 0.4) is 0 Å². The minimum atomic E-state index is -0.447. The van der Waals surface area contributed by atoms with Crippen molar-refractivity contribution in [3.8, 4) is 0 Å². The minimum absolute atomic E-state index is 0. The lowest BCUT2D eigenvalue weighted by atomic mass is 9.95. The molecule has 0 aromatic rings. The Morgan fingerprint density at radius 3 is 2.67 bits per heavy atom. The Morgan fingerprint density at radius 1 is 1.30 bits per heavy atom. The summed E-state index contributed by atoms with van der Waals surface area (Å²) in [6, 6.07) is 0.365. The second-order valence-corrected chi connectivity index (χ2v) is 8.75. The first-order chi connectivity index (χ1) is 12.3. The van der Waals surface area contributed by atoms with Crippen molar-refractivity contribution in [3.05, 3.63) is 0 Å². The largest absolute Gasteiger partial charge is 0.444 e. The summed E-state index contributed by atoms with van der Waals surface area (Å²) < 4.78 is 11.4. The van der Waals surface area contributed by atoms with Gasteiger partial charge in [-0.3, -0.25) is 4.99 Å². The van der Waals surface area contributed by atoms with E-state index in [2.05, 4.69) is 15.6 Å². The number of amides is 1. The molecular weight excluding hydrogens is 459 g/mol. The average Bonchev–Trinajstić information content (AvgIpc) is 3.20. The molecule has 0 aliphatic carbocycles. The van der Waals surface area contributed by atoms with Crippen LogP contribution in [-0.4, -0.2) is 67.5 Å². The van der Waals surface area contributed by atoms with Crippen LogP contribution in [-0.2, 0) is 9.47 Å². The van der Waals surface area contributed by atoms with E-state index < -0.39 is 5.60 Å². The summed E-state index contributed by atoms with van der Waals surface area (Å²) in [6.45, 7) is 8.03. The Bertz CT molecular complexity index is 538. The van der Waals surface area contributed by atoms with E-state index in [0.29, 0.717) is 24.2 Å². The molecule has 0 radical (unpaired) electrons. The zero-order valence-electron chi connectivity index (χ0n) is 17.0. The number of piperidine rings is 1. The molecule has 2 N–H and O–H groups in total. The molecule has 156 valence electrons. The topological polar surface area (TPSA) is 75.2 Å². The van der Waals surface area contributed by atoms with Crippen LogP contribution < -0.4 is 10.6 Å². The predicted octanol–water partition coefficient (Wildman–Crippen LogP) is 2.74. The first kappa shape index (κ1) is 22.5. The SMILES string of the molecule is CN=C(NCC1CCCN(C(=O)OC(C)(C)C)C1)NC1CC2CCC1O2.I. The van der Waals surface area contributed by atoms with Crippen molar-refractivity contribution < 1.29 is 14.3 Å². The summed E-state index contributed by atoms with van der Waals surface area (Å²) in [5.41, 5.74) is -0.447. The standard InChI is InChI=1S/C19H34N4O3.HI/c1-19(2,3)26-18(24)23-9-5-6-13(12-23)11-21-17(20-4)22-15-10-14-7-8-16(15)25-14;/h13-16H,5-12H2,1-4H3,(H2,20,21,22);1H. The second kappa shape index (κ2) is 9.62. The van der Waals surface area contributed by atoms with E-state index >= 15 is 0 Å². The van der Waals surface area contributed by atoms with Gasteiger partial charge in [-0.1, -0.05) is 0 Å². The lowest BCUT2D eigenvalue weighted by Crippen LogP contribution is -2.50. The molecule has 4 atom stereocenters. The Hall–Kier alpha value is -0.770. The molecule has 3 aliphatic heterocycles. The average molecular weight is 494 g/mol. The van der Waals surface area contributed by atoms with E-state index in [1.807, 2.05) is 25.7 Å². The minimum Gasteiger partial charge on any atom is -0.444 e. The van der Waals surface area contributed by atoms with Gasteiger partial charge in [0.2, 0.25) is 0 Å². The normalized spacial score (nSPS) is 30.7. The van der Waals surface area contributed by atoms with Crippen LogP contribution in [0.15, 0.2) is 4.99 Å². The van der Waals surface area contributed by atoms with Crippen LogP contribution in [0.4, 0.5) is 4.79 Å². The van der Waals surface area contributed by atoms with Crippen molar-refractivity contribution in [1.82, 2.24) is 15.5 Å². The Labute approximate surface area is 180 Å². The summed E-state index contributed by atoms with van der Waals surface area (Å²) in [6.07, 6.45) is 6.08. The smallest absolute Gasteiger partial charge is 0.410 e. The third kappa shape index (κ3) is 6.37. The summed E-state index contributed by atoms with van der Waals surface area (Å²) in [4.78, 5) is 18.5. The number of guanidine groups is 1. The van der Waals surface area contributed by atoms with Crippen molar-refractivity contribution in [1.29, 1.82) is 0 Å². The Morgan fingerprint density at radius 2 is 2.07 bits per heavy atom. The van der Waals surface area contributed by atoms with E-state index in [4.69, 9.17) is 9.47 Å². The number of rotatable bonds is 3. The number of nitrogens with one attached hydrogen (secondary N) is 2. The molecule has 3 rings (SSSR count). The van der Waals surface area contributed by atoms with E-state index in [-0.39, 0.29) is 30.1 Å². The van der Waals surface area contributed by atoms with Crippen molar-refractivity contribution in [2.45, 2.75) is 76.7 Å². The van der Waals surface area contributed by atoms with Crippen LogP contribution in [0.1, 0.15) is 52.9 Å². The number of halogens is 1. The van der Waals surface area contributed by atoms with Gasteiger partial charge in [0.05, 0.1) is 18.2 Å². The zero-order valence-corrected chi connectivity index (χ0v) is 19.3. The molecule has 1 amide bonds. The molecule has 0 spiro atoms. The first-order valence-electron chi connectivity index (χ1n) is 9.94. The van der Waals surface area contributed by atoms with Crippen LogP contribution in [0.2, 0.25) is 0 Å². The van der Waals surface area contributed by atoms with Crippen molar-refractivity contribution in [2.75, 3.05) is 26.7 Å². The number of carbonyl (C=O) groups is 1. The van der Waals surface area contributed by atoms with Crippen molar-refractivity contribution in [2.24, 2.45) is 10.9 Å². The molecule has 3 saturated heterocycles. The fourth-order valence-electron chi connectivity index (χ4n) is 4.12. The van der Waals surface area contributed by atoms with Crippen LogP contribution in [0, 0.1) is 5.92 Å². The number of nitrogens with zero attached hydrogens (tertiary/aromatic N) is 2. The second-order valence-electron chi connectivity index (χ2n) is 8.75. The van der Waals surface area contributed by atoms with Crippen LogP contribution in [0.5, 0.6) is 0 Å². The molecule has 2 bridgehead atoms. The van der Waals surface area contributed by atoms with E-state index in [1.165, 1.54) is 6.42 Å². The predicted molar refractivity (Wildman–Crippen MR) is 117 cm³/mol. The van der Waals surface area contributed by atoms with Gasteiger partial charge in [0.15, 0.2) is 5.96 Å². The molecule has 3 aliphatic rings. The van der Waals surface area contributed by atoms with E-state index in [1.54, 1.807) is 7.05 Å². The van der Waals surface area contributed by atoms with Crippen molar-refractivity contribution in [3.63, 3.8) is 0 Å². The van der Waals surface area contributed by atoms with Gasteiger partial charge in [0.25, 0.3) is 0 Å². The number of hydrogen-bond donors (Lipinski definition) is 2. The molecule has 27 heavy (non-hydrogen) atoms. The quantitative estimate of drug-likeness (QED) is 0.359. The van der Waals surface area contributed by atoms with Gasteiger partial charge in [0.1, 0.15) is 5.60 Å². The summed E-state index contributed by atoms with van der Waals surface area (Å²) in [7, 11) is 1.80. The van der Waals surface area contributed by atoms with Crippen LogP contribution >= 0.6 is 24.0 Å². The third-order valence-corrected chi connectivity index (χ3v) is 5.38. The monoisotopic (exact) mass is 494 g/mol. The van der Waals surface area contributed by atoms with Crippen molar-refractivity contribution >= 4 is 36.0 Å². The maximum absolute atomic E-state index is 12.3. The first-order valence-corrected chi connectivity index (χ1v) is 9.94.